The van der Waals surface area contributed by atoms with Gasteiger partial charge in [0, 0.05) is 19.7 Å². The lowest BCUT2D eigenvalue weighted by Gasteiger charge is -2.30. The van der Waals surface area contributed by atoms with Gasteiger partial charge in [-0.15, -0.1) is 0 Å². The average Bonchev–Trinajstić information content (AvgIpc) is 2.76. The summed E-state index contributed by atoms with van der Waals surface area (Å²) in [4.78, 5) is 26.0. The Hall–Kier alpha value is -1.69. The van der Waals surface area contributed by atoms with E-state index in [2.05, 4.69) is 0 Å². The Morgan fingerprint density at radius 3 is 2.36 bits per heavy atom. The molecular weight excluding hydrogens is 345 g/mol. The van der Waals surface area contributed by atoms with Gasteiger partial charge >= 0.3 is 13.6 Å². The molecule has 8 heteroatoms. The molecule has 138 valence electrons. The SMILES string of the molecule is CCOP(=O)(C[C@@]1(COC(C)=O)C(=O)N(C)c2ccccc21)OCC. The molecule has 0 saturated carbocycles. The Morgan fingerprint density at radius 2 is 1.80 bits per heavy atom. The number of para-hydroxylation sites is 1. The zero-order valence-corrected chi connectivity index (χ0v) is 15.9. The molecule has 0 radical (unpaired) electrons. The average molecular weight is 369 g/mol. The molecule has 1 aromatic carbocycles. The number of likely N-dealkylation sites (N-methyl/N-ethyl adjacent to an activating group) is 1. The lowest BCUT2D eigenvalue weighted by Crippen LogP contribution is -2.46. The minimum absolute atomic E-state index is 0.185. The number of amides is 1. The fourth-order valence-corrected chi connectivity index (χ4v) is 5.23. The van der Waals surface area contributed by atoms with E-state index < -0.39 is 19.0 Å². The van der Waals surface area contributed by atoms with E-state index in [0.29, 0.717) is 11.3 Å². The maximum Gasteiger partial charge on any atom is 0.332 e. The zero-order chi connectivity index (χ0) is 18.7. The molecule has 0 unspecified atom stereocenters. The predicted octanol–water partition coefficient (Wildman–Crippen LogP) is 2.73. The van der Waals surface area contributed by atoms with Gasteiger partial charge in [-0.1, -0.05) is 18.2 Å². The highest BCUT2D eigenvalue weighted by molar-refractivity contribution is 7.54. The molecule has 1 heterocycles. The number of benzene rings is 1. The number of rotatable bonds is 8. The summed E-state index contributed by atoms with van der Waals surface area (Å²) in [5.41, 5.74) is 0.0549. The van der Waals surface area contributed by atoms with E-state index in [0.717, 1.165) is 0 Å². The first-order valence-electron chi connectivity index (χ1n) is 8.19. The number of ether oxygens (including phenoxy) is 1. The standard InChI is InChI=1S/C17H24NO6P/c1-5-23-25(21,24-6-2)12-17(11-22-13(3)19)14-9-7-8-10-15(14)18(4)16(17)20/h7-10H,5-6,11-12H2,1-4H3/t17-/m1/s1. The molecule has 0 aromatic heterocycles. The van der Waals surface area contributed by atoms with E-state index in [1.54, 1.807) is 39.1 Å². The molecular formula is C17H24NO6P. The molecule has 0 bridgehead atoms. The molecule has 1 aliphatic rings. The van der Waals surface area contributed by atoms with Crippen LogP contribution in [-0.4, -0.2) is 44.9 Å². The van der Waals surface area contributed by atoms with Crippen LogP contribution in [0.15, 0.2) is 24.3 Å². The van der Waals surface area contributed by atoms with Crippen molar-refractivity contribution >= 4 is 25.2 Å². The minimum Gasteiger partial charge on any atom is -0.464 e. The number of anilines is 1. The minimum atomic E-state index is -3.55. The number of nitrogens with zero attached hydrogens (tertiary/aromatic N) is 1. The van der Waals surface area contributed by atoms with E-state index in [9.17, 15) is 14.2 Å². The van der Waals surface area contributed by atoms with Gasteiger partial charge in [0.25, 0.3) is 0 Å². The summed E-state index contributed by atoms with van der Waals surface area (Å²) >= 11 is 0. The summed E-state index contributed by atoms with van der Waals surface area (Å²) in [5.74, 6) is -0.809. The highest BCUT2D eigenvalue weighted by Gasteiger charge is 2.55. The van der Waals surface area contributed by atoms with Crippen molar-refractivity contribution in [3.8, 4) is 0 Å². The maximum atomic E-state index is 13.1. The van der Waals surface area contributed by atoms with Crippen LogP contribution in [0.4, 0.5) is 5.69 Å². The van der Waals surface area contributed by atoms with Crippen molar-refractivity contribution in [2.75, 3.05) is 37.9 Å². The van der Waals surface area contributed by atoms with Crippen molar-refractivity contribution in [1.29, 1.82) is 0 Å². The smallest absolute Gasteiger partial charge is 0.332 e. The third kappa shape index (κ3) is 3.78. The largest absolute Gasteiger partial charge is 0.464 e. The third-order valence-corrected chi connectivity index (χ3v) is 6.36. The predicted molar refractivity (Wildman–Crippen MR) is 93.9 cm³/mol. The van der Waals surface area contributed by atoms with E-state index in [1.807, 2.05) is 6.07 Å². The van der Waals surface area contributed by atoms with Crippen molar-refractivity contribution in [2.45, 2.75) is 26.2 Å². The van der Waals surface area contributed by atoms with Gasteiger partial charge < -0.3 is 18.7 Å². The number of esters is 1. The van der Waals surface area contributed by atoms with Gasteiger partial charge in [-0.05, 0) is 25.5 Å². The van der Waals surface area contributed by atoms with Crippen molar-refractivity contribution in [1.82, 2.24) is 0 Å². The molecule has 0 aliphatic carbocycles. The van der Waals surface area contributed by atoms with E-state index in [4.69, 9.17) is 13.8 Å². The third-order valence-electron chi connectivity index (χ3n) is 4.13. The van der Waals surface area contributed by atoms with Crippen molar-refractivity contribution in [3.05, 3.63) is 29.8 Å². The molecule has 1 aromatic rings. The van der Waals surface area contributed by atoms with Crippen molar-refractivity contribution in [2.24, 2.45) is 0 Å². The summed E-state index contributed by atoms with van der Waals surface area (Å²) < 4.78 is 29.1. The molecule has 0 N–H and O–H groups in total. The van der Waals surface area contributed by atoms with Gasteiger partial charge in [-0.2, -0.15) is 0 Å². The monoisotopic (exact) mass is 369 g/mol. The van der Waals surface area contributed by atoms with Gasteiger partial charge in [-0.25, -0.2) is 0 Å². The number of fused-ring (bicyclic) bond motifs is 1. The fraction of sp³-hybridized carbons (Fsp3) is 0.529. The lowest BCUT2D eigenvalue weighted by molar-refractivity contribution is -0.144. The Kier molecular flexibility index (Phi) is 6.03. The van der Waals surface area contributed by atoms with Crippen LogP contribution >= 0.6 is 7.60 Å². The molecule has 0 saturated heterocycles. The topological polar surface area (TPSA) is 82.1 Å². The molecule has 25 heavy (non-hydrogen) atoms. The summed E-state index contributed by atoms with van der Waals surface area (Å²) in [5, 5.41) is 0. The van der Waals surface area contributed by atoms with Gasteiger partial charge in [0.1, 0.15) is 12.0 Å². The highest BCUT2D eigenvalue weighted by atomic mass is 31.2. The second-order valence-electron chi connectivity index (χ2n) is 5.85. The van der Waals surface area contributed by atoms with Crippen LogP contribution in [0.25, 0.3) is 0 Å². The van der Waals surface area contributed by atoms with Gasteiger partial charge in [-0.3, -0.25) is 14.2 Å². The molecule has 7 nitrogen and oxygen atoms in total. The Bertz CT molecular complexity index is 696. The van der Waals surface area contributed by atoms with Gasteiger partial charge in [0.05, 0.1) is 19.4 Å². The van der Waals surface area contributed by atoms with Gasteiger partial charge in [0.15, 0.2) is 0 Å². The normalized spacial score (nSPS) is 19.8. The molecule has 0 spiro atoms. The highest BCUT2D eigenvalue weighted by Crippen LogP contribution is 2.56. The summed E-state index contributed by atoms with van der Waals surface area (Å²) in [6, 6.07) is 7.19. The molecule has 2 rings (SSSR count). The van der Waals surface area contributed by atoms with Crippen LogP contribution in [0.3, 0.4) is 0 Å². The summed E-state index contributed by atoms with van der Waals surface area (Å²) in [6.07, 6.45) is -0.185. The number of hydrogen-bond donors (Lipinski definition) is 0. The maximum absolute atomic E-state index is 13.1. The van der Waals surface area contributed by atoms with Crippen LogP contribution in [-0.2, 0) is 33.4 Å². The quantitative estimate of drug-likeness (QED) is 0.518. The number of carbonyl (C=O) groups is 2. The molecule has 0 fully saturated rings. The van der Waals surface area contributed by atoms with Crippen LogP contribution in [0.5, 0.6) is 0 Å². The van der Waals surface area contributed by atoms with Crippen LogP contribution < -0.4 is 4.90 Å². The molecule has 1 amide bonds. The molecule has 1 atom stereocenters. The Balaban J connectivity index is 2.54. The first-order valence-corrected chi connectivity index (χ1v) is 9.91. The van der Waals surface area contributed by atoms with E-state index in [1.165, 1.54) is 11.8 Å². The number of carbonyl (C=O) groups excluding carboxylic acids is 2. The van der Waals surface area contributed by atoms with Crippen LogP contribution in [0.1, 0.15) is 26.3 Å². The summed E-state index contributed by atoms with van der Waals surface area (Å²) in [6.45, 7) is 4.85. The fourth-order valence-electron chi connectivity index (χ4n) is 3.13. The first kappa shape index (κ1) is 19.6. The van der Waals surface area contributed by atoms with Crippen molar-refractivity contribution < 1.29 is 27.9 Å². The van der Waals surface area contributed by atoms with Crippen molar-refractivity contribution in [3.63, 3.8) is 0 Å². The van der Waals surface area contributed by atoms with Crippen LogP contribution in [0, 0.1) is 0 Å². The van der Waals surface area contributed by atoms with Gasteiger partial charge in [0.2, 0.25) is 5.91 Å². The second-order valence-corrected chi connectivity index (χ2v) is 7.90. The van der Waals surface area contributed by atoms with Crippen LogP contribution in [0.2, 0.25) is 0 Å². The first-order chi connectivity index (χ1) is 11.8. The lowest BCUT2D eigenvalue weighted by atomic mass is 9.84. The van der Waals surface area contributed by atoms with E-state index >= 15 is 0 Å². The summed E-state index contributed by atoms with van der Waals surface area (Å²) in [7, 11) is -1.91. The van der Waals surface area contributed by atoms with E-state index in [-0.39, 0.29) is 31.9 Å². The molecule has 1 aliphatic heterocycles. The Morgan fingerprint density at radius 1 is 1.20 bits per heavy atom. The zero-order valence-electron chi connectivity index (χ0n) is 15.0. The Labute approximate surface area is 147 Å². The number of hydrogen-bond acceptors (Lipinski definition) is 6. The second kappa shape index (κ2) is 7.68.